The highest BCUT2D eigenvalue weighted by atomic mass is 16.4. The number of aromatic nitrogens is 1. The maximum atomic E-state index is 6.13. The van der Waals surface area contributed by atoms with Gasteiger partial charge in [-0.2, -0.15) is 4.98 Å². The summed E-state index contributed by atoms with van der Waals surface area (Å²) < 4.78 is 5.38. The molecule has 1 aliphatic rings. The van der Waals surface area contributed by atoms with Crippen molar-refractivity contribution in [1.82, 2.24) is 9.88 Å². The van der Waals surface area contributed by atoms with Crippen LogP contribution in [0.4, 0.5) is 11.7 Å². The number of nitrogens with zero attached hydrogens (tertiary/aromatic N) is 2. The molecule has 1 saturated heterocycles. The van der Waals surface area contributed by atoms with Gasteiger partial charge in [-0.3, -0.25) is 0 Å². The van der Waals surface area contributed by atoms with Crippen molar-refractivity contribution in [1.29, 1.82) is 0 Å². The number of anilines is 2. The monoisotopic (exact) mass is 246 g/mol. The summed E-state index contributed by atoms with van der Waals surface area (Å²) in [5.41, 5.74) is 15.2. The van der Waals surface area contributed by atoms with Gasteiger partial charge in [-0.05, 0) is 51.0 Å². The Bertz CT molecular complexity index is 570. The van der Waals surface area contributed by atoms with Gasteiger partial charge in [0.05, 0.1) is 0 Å². The first kappa shape index (κ1) is 11.3. The van der Waals surface area contributed by atoms with Gasteiger partial charge in [-0.15, -0.1) is 0 Å². The fraction of sp³-hybridized carbons (Fsp3) is 0.462. The van der Waals surface area contributed by atoms with Crippen LogP contribution < -0.4 is 11.5 Å². The minimum atomic E-state index is 0.213. The average Bonchev–Trinajstić information content (AvgIpc) is 2.71. The third-order valence-corrected chi connectivity index (χ3v) is 3.78. The van der Waals surface area contributed by atoms with E-state index >= 15 is 0 Å². The van der Waals surface area contributed by atoms with Crippen molar-refractivity contribution in [3.8, 4) is 0 Å². The van der Waals surface area contributed by atoms with Crippen LogP contribution in [0.1, 0.15) is 24.3 Å². The van der Waals surface area contributed by atoms with Crippen molar-refractivity contribution >= 4 is 22.8 Å². The van der Waals surface area contributed by atoms with Gasteiger partial charge in [0.2, 0.25) is 0 Å². The van der Waals surface area contributed by atoms with Gasteiger partial charge in [0.25, 0.3) is 6.01 Å². The Morgan fingerprint density at radius 1 is 1.28 bits per heavy atom. The number of rotatable bonds is 1. The van der Waals surface area contributed by atoms with E-state index in [9.17, 15) is 0 Å². The Morgan fingerprint density at radius 3 is 2.72 bits per heavy atom. The van der Waals surface area contributed by atoms with Crippen molar-refractivity contribution in [3.05, 3.63) is 17.7 Å². The first-order valence-electron chi connectivity index (χ1n) is 6.28. The van der Waals surface area contributed by atoms with Crippen LogP contribution in [0.25, 0.3) is 11.1 Å². The summed E-state index contributed by atoms with van der Waals surface area (Å²) in [5.74, 6) is 0.453. The number of oxazole rings is 1. The normalized spacial score (nSPS) is 18.5. The van der Waals surface area contributed by atoms with Crippen LogP contribution in [-0.2, 0) is 0 Å². The van der Waals surface area contributed by atoms with Crippen LogP contribution in [0.2, 0.25) is 0 Å². The predicted molar refractivity (Wildman–Crippen MR) is 72.3 cm³/mol. The molecule has 1 aliphatic heterocycles. The fourth-order valence-electron chi connectivity index (χ4n) is 2.77. The minimum absolute atomic E-state index is 0.213. The molecule has 18 heavy (non-hydrogen) atoms. The summed E-state index contributed by atoms with van der Waals surface area (Å²) >= 11 is 0. The standard InChI is InChI=1S/C13H18N4O/c1-17-6-4-8(5-7-17)11-9(14)2-3-10-12(11)16-13(15)18-10/h2-3,8H,4-7,14H2,1H3,(H2,15,16). The van der Waals surface area contributed by atoms with E-state index in [4.69, 9.17) is 15.9 Å². The predicted octanol–water partition coefficient (Wildman–Crippen LogP) is 1.80. The van der Waals surface area contributed by atoms with Crippen LogP contribution >= 0.6 is 0 Å². The molecule has 5 heteroatoms. The van der Waals surface area contributed by atoms with Crippen LogP contribution in [-0.4, -0.2) is 30.0 Å². The van der Waals surface area contributed by atoms with Gasteiger partial charge < -0.3 is 20.8 Å². The zero-order chi connectivity index (χ0) is 12.7. The maximum Gasteiger partial charge on any atom is 0.292 e. The molecule has 1 aromatic heterocycles. The highest BCUT2D eigenvalue weighted by Crippen LogP contribution is 2.36. The SMILES string of the molecule is CN1CCC(c2c(N)ccc3oc(N)nc23)CC1. The van der Waals surface area contributed by atoms with Crippen molar-refractivity contribution < 1.29 is 4.42 Å². The minimum Gasteiger partial charge on any atom is -0.424 e. The molecule has 2 heterocycles. The van der Waals surface area contributed by atoms with Crippen LogP contribution in [0, 0.1) is 0 Å². The quantitative estimate of drug-likeness (QED) is 0.750. The lowest BCUT2D eigenvalue weighted by Crippen LogP contribution is -2.29. The van der Waals surface area contributed by atoms with Crippen molar-refractivity contribution in [2.45, 2.75) is 18.8 Å². The third kappa shape index (κ3) is 1.80. The molecule has 2 aromatic rings. The van der Waals surface area contributed by atoms with Gasteiger partial charge in [0.15, 0.2) is 5.58 Å². The number of benzene rings is 1. The summed E-state index contributed by atoms with van der Waals surface area (Å²) in [4.78, 5) is 6.62. The smallest absolute Gasteiger partial charge is 0.292 e. The molecule has 3 rings (SSSR count). The zero-order valence-corrected chi connectivity index (χ0v) is 10.5. The van der Waals surface area contributed by atoms with E-state index in [0.29, 0.717) is 5.92 Å². The van der Waals surface area contributed by atoms with E-state index in [1.54, 1.807) is 0 Å². The Kier molecular flexibility index (Phi) is 2.63. The van der Waals surface area contributed by atoms with Gasteiger partial charge in [0.1, 0.15) is 5.52 Å². The van der Waals surface area contributed by atoms with E-state index in [1.165, 1.54) is 0 Å². The highest BCUT2D eigenvalue weighted by molar-refractivity contribution is 5.84. The molecule has 5 nitrogen and oxygen atoms in total. The molecule has 0 radical (unpaired) electrons. The van der Waals surface area contributed by atoms with Crippen molar-refractivity contribution in [3.63, 3.8) is 0 Å². The Morgan fingerprint density at radius 2 is 2.00 bits per heavy atom. The van der Waals surface area contributed by atoms with Crippen molar-refractivity contribution in [2.75, 3.05) is 31.6 Å². The third-order valence-electron chi connectivity index (χ3n) is 3.78. The van der Waals surface area contributed by atoms with E-state index in [-0.39, 0.29) is 6.01 Å². The number of hydrogen-bond donors (Lipinski definition) is 2. The Labute approximate surface area is 106 Å². The molecule has 0 amide bonds. The molecule has 0 atom stereocenters. The molecule has 0 saturated carbocycles. The van der Waals surface area contributed by atoms with E-state index in [2.05, 4.69) is 16.9 Å². The van der Waals surface area contributed by atoms with Gasteiger partial charge in [0, 0.05) is 11.3 Å². The molecule has 0 aliphatic carbocycles. The molecular formula is C13H18N4O. The molecule has 1 aromatic carbocycles. The number of nitrogen functional groups attached to an aromatic ring is 2. The fourth-order valence-corrected chi connectivity index (χ4v) is 2.77. The van der Waals surface area contributed by atoms with Gasteiger partial charge >= 0.3 is 0 Å². The van der Waals surface area contributed by atoms with E-state index < -0.39 is 0 Å². The van der Waals surface area contributed by atoms with Crippen molar-refractivity contribution in [2.24, 2.45) is 0 Å². The molecule has 4 N–H and O–H groups in total. The molecule has 96 valence electrons. The van der Waals surface area contributed by atoms with Gasteiger partial charge in [-0.1, -0.05) is 0 Å². The lowest BCUT2D eigenvalue weighted by atomic mass is 9.88. The van der Waals surface area contributed by atoms with Gasteiger partial charge in [-0.25, -0.2) is 0 Å². The second-order valence-electron chi connectivity index (χ2n) is 5.04. The summed E-state index contributed by atoms with van der Waals surface area (Å²) in [6, 6.07) is 3.94. The molecular weight excluding hydrogens is 228 g/mol. The van der Waals surface area contributed by atoms with E-state index in [1.807, 2.05) is 12.1 Å². The first-order chi connectivity index (χ1) is 8.65. The average molecular weight is 246 g/mol. The summed E-state index contributed by atoms with van der Waals surface area (Å²) in [6.07, 6.45) is 2.21. The molecule has 0 unspecified atom stereocenters. The summed E-state index contributed by atoms with van der Waals surface area (Å²) in [6.45, 7) is 2.18. The van der Waals surface area contributed by atoms with E-state index in [0.717, 1.165) is 48.3 Å². The highest BCUT2D eigenvalue weighted by Gasteiger charge is 2.24. The maximum absolute atomic E-state index is 6.13. The summed E-state index contributed by atoms with van der Waals surface area (Å²) in [7, 11) is 2.15. The van der Waals surface area contributed by atoms with Crippen LogP contribution in [0.3, 0.4) is 0 Å². The molecule has 0 spiro atoms. The number of hydrogen-bond acceptors (Lipinski definition) is 5. The van der Waals surface area contributed by atoms with Crippen LogP contribution in [0.5, 0.6) is 0 Å². The first-order valence-corrected chi connectivity index (χ1v) is 6.28. The number of nitrogens with two attached hydrogens (primary N) is 2. The molecule has 0 bridgehead atoms. The lowest BCUT2D eigenvalue weighted by molar-refractivity contribution is 0.256. The Hall–Kier alpha value is -1.75. The number of piperidine rings is 1. The largest absolute Gasteiger partial charge is 0.424 e. The van der Waals surface area contributed by atoms with Crippen LogP contribution in [0.15, 0.2) is 16.5 Å². The lowest BCUT2D eigenvalue weighted by Gasteiger charge is -2.29. The zero-order valence-electron chi connectivity index (χ0n) is 10.5. The number of fused-ring (bicyclic) bond motifs is 1. The topological polar surface area (TPSA) is 81.3 Å². The Balaban J connectivity index is 2.06. The second kappa shape index (κ2) is 4.17. The summed E-state index contributed by atoms with van der Waals surface area (Å²) in [5, 5.41) is 0. The molecule has 1 fully saturated rings. The second-order valence-corrected chi connectivity index (χ2v) is 5.04. The number of likely N-dealkylation sites (tertiary alicyclic amines) is 1.